The first-order chi connectivity index (χ1) is 13.2. The molecular weight excluding hydrogens is 347 g/mol. The highest BCUT2D eigenvalue weighted by molar-refractivity contribution is 5.91. The number of ether oxygens (including phenoxy) is 1. The van der Waals surface area contributed by atoms with Gasteiger partial charge in [-0.1, -0.05) is 18.2 Å². The van der Waals surface area contributed by atoms with Crippen molar-refractivity contribution >= 4 is 5.91 Å². The Morgan fingerprint density at radius 3 is 2.96 bits per heavy atom. The number of hydrogen-bond donors (Lipinski definition) is 1. The summed E-state index contributed by atoms with van der Waals surface area (Å²) in [7, 11) is 0. The molecule has 2 saturated heterocycles. The third kappa shape index (κ3) is 3.84. The van der Waals surface area contributed by atoms with Crippen LogP contribution in [0, 0.1) is 11.7 Å². The van der Waals surface area contributed by atoms with Gasteiger partial charge in [-0.05, 0) is 24.8 Å². The molecule has 1 atom stereocenters. The molecule has 27 heavy (non-hydrogen) atoms. The number of hydrogen-bond acceptors (Lipinski definition) is 5. The zero-order valence-corrected chi connectivity index (χ0v) is 15.1. The third-order valence-corrected chi connectivity index (χ3v) is 5.51. The summed E-state index contributed by atoms with van der Waals surface area (Å²) < 4.78 is 19.9. The monoisotopic (exact) mass is 370 g/mol. The molecule has 0 aliphatic carbocycles. The van der Waals surface area contributed by atoms with Gasteiger partial charge in [0.05, 0.1) is 11.8 Å². The maximum atomic E-state index is 13.8. The Kier molecular flexibility index (Phi) is 5.13. The van der Waals surface area contributed by atoms with Crippen LogP contribution in [-0.2, 0) is 11.3 Å². The molecule has 2 fully saturated rings. The molecule has 1 spiro atoms. The number of amides is 1. The molecule has 7 heteroatoms. The van der Waals surface area contributed by atoms with Crippen molar-refractivity contribution < 1.29 is 13.9 Å². The predicted molar refractivity (Wildman–Crippen MR) is 97.4 cm³/mol. The average Bonchev–Trinajstić information content (AvgIpc) is 3.08. The lowest BCUT2D eigenvalue weighted by Gasteiger charge is -2.50. The SMILES string of the molecule is O=C(NCC[C@@H]1CCOC12CN(Cc1ccccc1F)C2)c1cnccn1. The minimum absolute atomic E-state index is 0.150. The first-order valence-electron chi connectivity index (χ1n) is 9.30. The summed E-state index contributed by atoms with van der Waals surface area (Å²) in [5, 5.41) is 2.91. The fraction of sp³-hybridized carbons (Fsp3) is 0.450. The number of halogens is 1. The van der Waals surface area contributed by atoms with Crippen molar-refractivity contribution in [3.05, 3.63) is 59.9 Å². The number of rotatable bonds is 6. The van der Waals surface area contributed by atoms with Gasteiger partial charge in [0.2, 0.25) is 0 Å². The lowest BCUT2D eigenvalue weighted by Crippen LogP contribution is -2.64. The van der Waals surface area contributed by atoms with Crippen LogP contribution in [0.3, 0.4) is 0 Å². The summed E-state index contributed by atoms with van der Waals surface area (Å²) in [6.07, 6.45) is 6.36. The average molecular weight is 370 g/mol. The van der Waals surface area contributed by atoms with E-state index in [4.69, 9.17) is 4.74 Å². The summed E-state index contributed by atoms with van der Waals surface area (Å²) in [5.41, 5.74) is 0.899. The van der Waals surface area contributed by atoms with Crippen molar-refractivity contribution in [3.8, 4) is 0 Å². The molecule has 1 aromatic carbocycles. The van der Waals surface area contributed by atoms with Crippen LogP contribution in [0.5, 0.6) is 0 Å². The third-order valence-electron chi connectivity index (χ3n) is 5.51. The van der Waals surface area contributed by atoms with E-state index in [1.165, 1.54) is 18.5 Å². The van der Waals surface area contributed by atoms with Gasteiger partial charge in [-0.3, -0.25) is 14.7 Å². The Balaban J connectivity index is 1.26. The summed E-state index contributed by atoms with van der Waals surface area (Å²) in [6, 6.07) is 6.90. The molecule has 1 aromatic heterocycles. The highest BCUT2D eigenvalue weighted by atomic mass is 19.1. The van der Waals surface area contributed by atoms with Gasteiger partial charge in [0.25, 0.3) is 5.91 Å². The first-order valence-corrected chi connectivity index (χ1v) is 9.30. The molecule has 0 unspecified atom stereocenters. The van der Waals surface area contributed by atoms with Crippen molar-refractivity contribution in [2.45, 2.75) is 25.0 Å². The highest BCUT2D eigenvalue weighted by Gasteiger charge is 2.52. The summed E-state index contributed by atoms with van der Waals surface area (Å²) in [5.74, 6) is 0.0384. The van der Waals surface area contributed by atoms with E-state index in [-0.39, 0.29) is 17.3 Å². The largest absolute Gasteiger partial charge is 0.372 e. The summed E-state index contributed by atoms with van der Waals surface area (Å²) in [6.45, 7) is 3.55. The van der Waals surface area contributed by atoms with Gasteiger partial charge in [0, 0.05) is 50.7 Å². The summed E-state index contributed by atoms with van der Waals surface area (Å²) in [4.78, 5) is 22.2. The van der Waals surface area contributed by atoms with Crippen LogP contribution in [0.1, 0.15) is 28.9 Å². The molecule has 2 aliphatic rings. The van der Waals surface area contributed by atoms with Crippen molar-refractivity contribution in [1.29, 1.82) is 0 Å². The van der Waals surface area contributed by atoms with Crippen LogP contribution >= 0.6 is 0 Å². The Bertz CT molecular complexity index is 796. The number of carbonyl (C=O) groups excluding carboxylic acids is 1. The Morgan fingerprint density at radius 2 is 2.19 bits per heavy atom. The van der Waals surface area contributed by atoms with Gasteiger partial charge in [-0.2, -0.15) is 0 Å². The first kappa shape index (κ1) is 18.0. The molecule has 0 radical (unpaired) electrons. The van der Waals surface area contributed by atoms with Crippen LogP contribution in [0.15, 0.2) is 42.9 Å². The molecule has 3 heterocycles. The molecule has 2 aliphatic heterocycles. The van der Waals surface area contributed by atoms with E-state index < -0.39 is 0 Å². The lowest BCUT2D eigenvalue weighted by atomic mass is 9.78. The topological polar surface area (TPSA) is 67.3 Å². The fourth-order valence-electron chi connectivity index (χ4n) is 4.10. The molecule has 2 aromatic rings. The van der Waals surface area contributed by atoms with E-state index in [1.54, 1.807) is 12.3 Å². The Hall–Kier alpha value is -2.38. The van der Waals surface area contributed by atoms with Crippen molar-refractivity contribution in [2.75, 3.05) is 26.2 Å². The number of likely N-dealkylation sites (tertiary alicyclic amines) is 1. The van der Waals surface area contributed by atoms with E-state index in [2.05, 4.69) is 20.2 Å². The minimum atomic E-state index is -0.203. The second-order valence-corrected chi connectivity index (χ2v) is 7.27. The van der Waals surface area contributed by atoms with Gasteiger partial charge in [0.1, 0.15) is 11.5 Å². The van der Waals surface area contributed by atoms with E-state index >= 15 is 0 Å². The number of nitrogens with zero attached hydrogens (tertiary/aromatic N) is 3. The quantitative estimate of drug-likeness (QED) is 0.843. The highest BCUT2D eigenvalue weighted by Crippen LogP contribution is 2.42. The molecule has 4 rings (SSSR count). The molecule has 142 valence electrons. The van der Waals surface area contributed by atoms with Gasteiger partial charge in [-0.15, -0.1) is 0 Å². The predicted octanol–water partition coefficient (Wildman–Crippen LogP) is 2.03. The van der Waals surface area contributed by atoms with Crippen molar-refractivity contribution in [3.63, 3.8) is 0 Å². The molecule has 1 amide bonds. The van der Waals surface area contributed by atoms with E-state index in [0.717, 1.165) is 38.1 Å². The van der Waals surface area contributed by atoms with Crippen molar-refractivity contribution in [2.24, 2.45) is 5.92 Å². The standard InChI is InChI=1S/C20H23FN4O2/c21-17-4-2-1-3-15(17)12-25-13-20(14-25)16(6-10-27-20)5-7-24-19(26)18-11-22-8-9-23-18/h1-4,8-9,11,16H,5-7,10,12-14H2,(H,24,26)/t16-/m1/s1. The number of carbonyl (C=O) groups is 1. The number of aromatic nitrogens is 2. The second-order valence-electron chi connectivity index (χ2n) is 7.27. The van der Waals surface area contributed by atoms with Gasteiger partial charge >= 0.3 is 0 Å². The molecule has 0 saturated carbocycles. The van der Waals surface area contributed by atoms with Crippen LogP contribution in [0.25, 0.3) is 0 Å². The Morgan fingerprint density at radius 1 is 1.33 bits per heavy atom. The maximum Gasteiger partial charge on any atom is 0.271 e. The number of nitrogens with one attached hydrogen (secondary N) is 1. The zero-order chi connectivity index (χ0) is 18.7. The minimum Gasteiger partial charge on any atom is -0.372 e. The molecule has 0 bridgehead atoms. The smallest absolute Gasteiger partial charge is 0.271 e. The number of benzene rings is 1. The van der Waals surface area contributed by atoms with E-state index in [9.17, 15) is 9.18 Å². The van der Waals surface area contributed by atoms with Gasteiger partial charge < -0.3 is 10.1 Å². The van der Waals surface area contributed by atoms with E-state index in [1.807, 2.05) is 12.1 Å². The molecular formula is C20H23FN4O2. The van der Waals surface area contributed by atoms with E-state index in [0.29, 0.717) is 24.7 Å². The zero-order valence-electron chi connectivity index (χ0n) is 15.1. The fourth-order valence-corrected chi connectivity index (χ4v) is 4.10. The van der Waals surface area contributed by atoms with Crippen LogP contribution in [0.4, 0.5) is 4.39 Å². The maximum absolute atomic E-state index is 13.8. The van der Waals surface area contributed by atoms with Crippen LogP contribution in [-0.4, -0.2) is 52.6 Å². The lowest BCUT2D eigenvalue weighted by molar-refractivity contribution is -0.137. The van der Waals surface area contributed by atoms with Crippen LogP contribution in [0.2, 0.25) is 0 Å². The second kappa shape index (κ2) is 7.70. The molecule has 6 nitrogen and oxygen atoms in total. The Labute approximate surface area is 157 Å². The van der Waals surface area contributed by atoms with Gasteiger partial charge in [-0.25, -0.2) is 9.37 Å². The normalized spacial score (nSPS) is 21.1. The molecule has 1 N–H and O–H groups in total. The summed E-state index contributed by atoms with van der Waals surface area (Å²) >= 11 is 0. The van der Waals surface area contributed by atoms with Crippen LogP contribution < -0.4 is 5.32 Å². The van der Waals surface area contributed by atoms with Gasteiger partial charge in [0.15, 0.2) is 0 Å². The van der Waals surface area contributed by atoms with Crippen molar-refractivity contribution in [1.82, 2.24) is 20.2 Å².